The van der Waals surface area contributed by atoms with Crippen LogP contribution in [0.1, 0.15) is 44.4 Å². The maximum atomic E-state index is 3.84. The van der Waals surface area contributed by atoms with Crippen molar-refractivity contribution >= 4 is 11.3 Å². The van der Waals surface area contributed by atoms with Gasteiger partial charge in [0.2, 0.25) is 0 Å². The van der Waals surface area contributed by atoms with Crippen molar-refractivity contribution < 1.29 is 0 Å². The molecule has 3 rings (SSSR count). The van der Waals surface area contributed by atoms with Crippen LogP contribution in [0, 0.1) is 0 Å². The Morgan fingerprint density at radius 2 is 2.26 bits per heavy atom. The van der Waals surface area contributed by atoms with Crippen molar-refractivity contribution in [3.8, 4) is 0 Å². The zero-order valence-corrected chi connectivity index (χ0v) is 13.0. The topological polar surface area (TPSA) is 15.3 Å². The molecule has 0 amide bonds. The minimum absolute atomic E-state index is 0.265. The number of rotatable bonds is 4. The molecule has 3 heterocycles. The molecule has 0 bridgehead atoms. The van der Waals surface area contributed by atoms with Crippen LogP contribution in [0.2, 0.25) is 0 Å². The molecule has 0 saturated carbocycles. The van der Waals surface area contributed by atoms with Crippen LogP contribution in [0.3, 0.4) is 0 Å². The molecule has 2 saturated heterocycles. The van der Waals surface area contributed by atoms with Gasteiger partial charge < -0.3 is 10.2 Å². The van der Waals surface area contributed by atoms with Crippen molar-refractivity contribution in [2.45, 2.75) is 57.0 Å². The number of nitrogens with one attached hydrogen (secondary N) is 1. The van der Waals surface area contributed by atoms with E-state index in [0.717, 1.165) is 18.6 Å². The maximum Gasteiger partial charge on any atom is 0.0115 e. The number of hydrogen-bond acceptors (Lipinski definition) is 3. The van der Waals surface area contributed by atoms with Crippen molar-refractivity contribution in [2.24, 2.45) is 0 Å². The number of hydrogen-bond donors (Lipinski definition) is 1. The molecule has 0 aliphatic carbocycles. The van der Waals surface area contributed by atoms with Crippen molar-refractivity contribution in [1.82, 2.24) is 10.2 Å². The molecular weight excluding hydrogens is 252 g/mol. The summed E-state index contributed by atoms with van der Waals surface area (Å²) < 4.78 is 0. The summed E-state index contributed by atoms with van der Waals surface area (Å²) in [5, 5.41) is 6.03. The van der Waals surface area contributed by atoms with Crippen molar-refractivity contribution in [2.75, 3.05) is 19.6 Å². The third-order valence-electron chi connectivity index (χ3n) is 4.84. The normalized spacial score (nSPS) is 28.5. The third-order valence-corrected chi connectivity index (χ3v) is 6.08. The summed E-state index contributed by atoms with van der Waals surface area (Å²) in [5.74, 6) is 0. The molecule has 2 aliphatic rings. The molecule has 1 N–H and O–H groups in total. The maximum absolute atomic E-state index is 3.84. The molecule has 2 atom stereocenters. The molecule has 3 heteroatoms. The lowest BCUT2D eigenvalue weighted by Gasteiger charge is -2.37. The lowest BCUT2D eigenvalue weighted by Crippen LogP contribution is -2.48. The van der Waals surface area contributed by atoms with Crippen LogP contribution in [-0.4, -0.2) is 36.6 Å². The zero-order valence-electron chi connectivity index (χ0n) is 12.2. The summed E-state index contributed by atoms with van der Waals surface area (Å²) in [6, 6.07) is 6.04. The Morgan fingerprint density at radius 1 is 1.37 bits per heavy atom. The van der Waals surface area contributed by atoms with Gasteiger partial charge in [-0.2, -0.15) is 0 Å². The monoisotopic (exact) mass is 278 g/mol. The highest BCUT2D eigenvalue weighted by molar-refractivity contribution is 7.10. The molecule has 2 aliphatic heterocycles. The Bertz CT molecular complexity index is 399. The third kappa shape index (κ3) is 3.04. The van der Waals surface area contributed by atoms with Crippen molar-refractivity contribution in [3.05, 3.63) is 22.4 Å². The molecule has 0 aromatic carbocycles. The van der Waals surface area contributed by atoms with Crippen LogP contribution in [0.15, 0.2) is 17.5 Å². The number of nitrogens with zero attached hydrogens (tertiary/aromatic N) is 1. The van der Waals surface area contributed by atoms with Crippen LogP contribution in [0.25, 0.3) is 0 Å². The fraction of sp³-hybridized carbons (Fsp3) is 0.750. The van der Waals surface area contributed by atoms with E-state index in [9.17, 15) is 0 Å². The highest BCUT2D eigenvalue weighted by Gasteiger charge is 2.32. The van der Waals surface area contributed by atoms with Crippen LogP contribution in [0.4, 0.5) is 0 Å². The lowest BCUT2D eigenvalue weighted by atomic mass is 9.90. The van der Waals surface area contributed by atoms with Crippen molar-refractivity contribution in [3.63, 3.8) is 0 Å². The van der Waals surface area contributed by atoms with Crippen LogP contribution in [0.5, 0.6) is 0 Å². The SMILES string of the molecule is CC(C)(CNC1CCN2CCCC2C1)c1cccs1. The zero-order chi connectivity index (χ0) is 13.3. The minimum Gasteiger partial charge on any atom is -0.313 e. The van der Waals surface area contributed by atoms with E-state index in [4.69, 9.17) is 0 Å². The van der Waals surface area contributed by atoms with Gasteiger partial charge in [-0.3, -0.25) is 0 Å². The van der Waals surface area contributed by atoms with Gasteiger partial charge in [-0.1, -0.05) is 19.9 Å². The smallest absolute Gasteiger partial charge is 0.0115 e. The molecule has 1 aromatic rings. The van der Waals surface area contributed by atoms with E-state index in [1.165, 1.54) is 43.6 Å². The Kier molecular flexibility index (Phi) is 3.97. The van der Waals surface area contributed by atoms with Crippen LogP contribution >= 0.6 is 11.3 Å². The highest BCUT2D eigenvalue weighted by Crippen LogP contribution is 2.29. The van der Waals surface area contributed by atoms with Gasteiger partial charge in [0.15, 0.2) is 0 Å². The molecule has 0 radical (unpaired) electrons. The van der Waals surface area contributed by atoms with Gasteiger partial charge in [0.05, 0.1) is 0 Å². The summed E-state index contributed by atoms with van der Waals surface area (Å²) in [4.78, 5) is 4.20. The van der Waals surface area contributed by atoms with E-state index >= 15 is 0 Å². The number of thiophene rings is 1. The molecule has 2 fully saturated rings. The van der Waals surface area contributed by atoms with Gasteiger partial charge in [0.1, 0.15) is 0 Å². The van der Waals surface area contributed by atoms with Crippen molar-refractivity contribution in [1.29, 1.82) is 0 Å². The molecule has 1 aromatic heterocycles. The minimum atomic E-state index is 0.265. The largest absolute Gasteiger partial charge is 0.313 e. The molecular formula is C16H26N2S. The molecule has 2 unspecified atom stereocenters. The highest BCUT2D eigenvalue weighted by atomic mass is 32.1. The van der Waals surface area contributed by atoms with Gasteiger partial charge in [-0.25, -0.2) is 0 Å². The molecule has 2 nitrogen and oxygen atoms in total. The van der Waals surface area contributed by atoms with Gasteiger partial charge in [-0.15, -0.1) is 11.3 Å². The van der Waals surface area contributed by atoms with E-state index in [1.807, 2.05) is 11.3 Å². The first-order valence-electron chi connectivity index (χ1n) is 7.66. The summed E-state index contributed by atoms with van der Waals surface area (Å²) in [5.41, 5.74) is 0.265. The molecule has 106 valence electrons. The lowest BCUT2D eigenvalue weighted by molar-refractivity contribution is 0.164. The van der Waals surface area contributed by atoms with Gasteiger partial charge in [0, 0.05) is 28.9 Å². The average Bonchev–Trinajstić information content (AvgIpc) is 3.07. The van der Waals surface area contributed by atoms with E-state index in [1.54, 1.807) is 0 Å². The first-order chi connectivity index (χ1) is 9.15. The predicted molar refractivity (Wildman–Crippen MR) is 83.0 cm³/mol. The quantitative estimate of drug-likeness (QED) is 0.909. The standard InChI is InChI=1S/C16H26N2S/c1-16(2,15-6-4-10-19-15)12-17-13-7-9-18-8-3-5-14(18)11-13/h4,6,10,13-14,17H,3,5,7-9,11-12H2,1-2H3. The number of piperidine rings is 1. The average molecular weight is 278 g/mol. The second-order valence-electron chi connectivity index (χ2n) is 6.80. The molecule has 19 heavy (non-hydrogen) atoms. The first kappa shape index (κ1) is 13.6. The fourth-order valence-corrected chi connectivity index (χ4v) is 4.41. The predicted octanol–water partition coefficient (Wildman–Crippen LogP) is 3.24. The second kappa shape index (κ2) is 5.55. The summed E-state index contributed by atoms with van der Waals surface area (Å²) in [7, 11) is 0. The summed E-state index contributed by atoms with van der Waals surface area (Å²) in [6.45, 7) is 8.47. The summed E-state index contributed by atoms with van der Waals surface area (Å²) in [6.07, 6.45) is 5.53. The Hall–Kier alpha value is -0.380. The van der Waals surface area contributed by atoms with Gasteiger partial charge in [0.25, 0.3) is 0 Å². The van der Waals surface area contributed by atoms with E-state index in [-0.39, 0.29) is 5.41 Å². The van der Waals surface area contributed by atoms with Crippen LogP contribution < -0.4 is 5.32 Å². The Morgan fingerprint density at radius 3 is 3.05 bits per heavy atom. The number of fused-ring (bicyclic) bond motifs is 1. The van der Waals surface area contributed by atoms with Gasteiger partial charge in [-0.05, 0) is 50.2 Å². The summed E-state index contributed by atoms with van der Waals surface area (Å²) >= 11 is 1.88. The Labute approximate surface area is 121 Å². The van der Waals surface area contributed by atoms with E-state index in [0.29, 0.717) is 0 Å². The van der Waals surface area contributed by atoms with Gasteiger partial charge >= 0.3 is 0 Å². The molecule has 0 spiro atoms. The second-order valence-corrected chi connectivity index (χ2v) is 7.74. The van der Waals surface area contributed by atoms with E-state index in [2.05, 4.69) is 41.6 Å². The Balaban J connectivity index is 1.52. The van der Waals surface area contributed by atoms with Crippen LogP contribution in [-0.2, 0) is 5.41 Å². The van der Waals surface area contributed by atoms with E-state index < -0.39 is 0 Å². The first-order valence-corrected chi connectivity index (χ1v) is 8.54. The fourth-order valence-electron chi connectivity index (χ4n) is 3.56.